The van der Waals surface area contributed by atoms with Crippen molar-refractivity contribution in [2.45, 2.75) is 135 Å². The molecular weight excluding hydrogens is 691 g/mol. The highest BCUT2D eigenvalue weighted by molar-refractivity contribution is 7.46. The quantitative estimate of drug-likeness (QED) is 0.0196. The smallest absolute Gasteiger partial charge is 0.462 e. The molecule has 9 nitrogen and oxygen atoms in total. The second kappa shape index (κ2) is 37.0. The maximum atomic E-state index is 12.4. The number of esters is 2. The highest BCUT2D eigenvalue weighted by Crippen LogP contribution is 2.35. The summed E-state index contributed by atoms with van der Waals surface area (Å²) < 4.78 is 26.2. The van der Waals surface area contributed by atoms with Gasteiger partial charge in [-0.25, -0.2) is 4.57 Å². The van der Waals surface area contributed by atoms with Crippen LogP contribution in [0, 0.1) is 0 Å². The Balaban J connectivity index is 4.29. The zero-order valence-corrected chi connectivity index (χ0v) is 33.1. The lowest BCUT2D eigenvalue weighted by Gasteiger charge is -2.18. The molecule has 0 aliphatic heterocycles. The van der Waals surface area contributed by atoms with Gasteiger partial charge in [0.05, 0.1) is 12.7 Å². The van der Waals surface area contributed by atoms with E-state index in [1.807, 2.05) is 12.2 Å². The SMILES string of the molecule is CC/C=C\C/C=C\C/C=C\C/C=C\C=C/C(O)C/C=C\CCC(=O)OC[C@H](COP(=O)(O)O)OC(=O)CCCC/C=C\C/C=C\C/C=C\CCCCC. The molecule has 0 aliphatic carbocycles. The van der Waals surface area contributed by atoms with Crippen LogP contribution in [0.2, 0.25) is 0 Å². The zero-order valence-electron chi connectivity index (χ0n) is 32.2. The average Bonchev–Trinajstić information content (AvgIpc) is 3.12. The van der Waals surface area contributed by atoms with E-state index in [-0.39, 0.29) is 19.4 Å². The molecule has 0 aromatic heterocycles. The Kier molecular flexibility index (Phi) is 34.7. The molecule has 0 saturated carbocycles. The maximum Gasteiger partial charge on any atom is 0.469 e. The molecule has 1 unspecified atom stereocenters. The number of aliphatic hydroxyl groups is 1. The van der Waals surface area contributed by atoms with Gasteiger partial charge in [-0.2, -0.15) is 0 Å². The lowest BCUT2D eigenvalue weighted by Crippen LogP contribution is -2.29. The highest BCUT2D eigenvalue weighted by Gasteiger charge is 2.22. The molecule has 2 atom stereocenters. The van der Waals surface area contributed by atoms with Crippen LogP contribution in [0.3, 0.4) is 0 Å². The summed E-state index contributed by atoms with van der Waals surface area (Å²) in [7, 11) is -4.81. The number of hydrogen-bond donors (Lipinski definition) is 3. The number of aliphatic hydroxyl groups excluding tert-OH is 1. The first-order valence-electron chi connectivity index (χ1n) is 19.3. The van der Waals surface area contributed by atoms with Crippen LogP contribution in [-0.4, -0.2) is 52.3 Å². The van der Waals surface area contributed by atoms with Crippen molar-refractivity contribution >= 4 is 19.8 Å². The molecule has 0 aromatic carbocycles. The van der Waals surface area contributed by atoms with E-state index in [9.17, 15) is 19.3 Å². The lowest BCUT2D eigenvalue weighted by atomic mass is 10.1. The van der Waals surface area contributed by atoms with Crippen molar-refractivity contribution in [3.63, 3.8) is 0 Å². The first kappa shape index (κ1) is 49.7. The normalized spacial score (nSPS) is 14.3. The van der Waals surface area contributed by atoms with E-state index in [2.05, 4.69) is 91.3 Å². The van der Waals surface area contributed by atoms with Gasteiger partial charge in [0.15, 0.2) is 6.10 Å². The summed E-state index contributed by atoms with van der Waals surface area (Å²) in [6.07, 6.45) is 48.4. The van der Waals surface area contributed by atoms with Crippen molar-refractivity contribution in [3.05, 3.63) is 109 Å². The molecule has 0 rings (SSSR count). The minimum atomic E-state index is -4.81. The fraction of sp³-hybridized carbons (Fsp3) is 0.535. The molecule has 0 heterocycles. The number of carbonyl (C=O) groups is 2. The Morgan fingerprint density at radius 1 is 0.604 bits per heavy atom. The molecular formula is C43H67O9P. The van der Waals surface area contributed by atoms with Crippen LogP contribution in [0.1, 0.15) is 123 Å². The Morgan fingerprint density at radius 2 is 1.15 bits per heavy atom. The van der Waals surface area contributed by atoms with E-state index in [1.54, 1.807) is 24.3 Å². The minimum Gasteiger partial charge on any atom is -0.462 e. The van der Waals surface area contributed by atoms with Gasteiger partial charge in [0.2, 0.25) is 0 Å². The predicted molar refractivity (Wildman–Crippen MR) is 217 cm³/mol. The molecule has 0 aromatic rings. The molecule has 0 spiro atoms. The molecule has 0 aliphatic rings. The van der Waals surface area contributed by atoms with Crippen LogP contribution in [-0.2, 0) is 28.2 Å². The Labute approximate surface area is 319 Å². The lowest BCUT2D eigenvalue weighted by molar-refractivity contribution is -0.161. The summed E-state index contributed by atoms with van der Waals surface area (Å²) in [6.45, 7) is 3.33. The predicted octanol–water partition coefficient (Wildman–Crippen LogP) is 10.6. The zero-order chi connectivity index (χ0) is 39.1. The third-order valence-electron chi connectivity index (χ3n) is 7.37. The van der Waals surface area contributed by atoms with E-state index in [4.69, 9.17) is 19.3 Å². The van der Waals surface area contributed by atoms with Crippen molar-refractivity contribution in [1.82, 2.24) is 0 Å². The molecule has 53 heavy (non-hydrogen) atoms. The fourth-order valence-electron chi connectivity index (χ4n) is 4.49. The first-order chi connectivity index (χ1) is 25.7. The van der Waals surface area contributed by atoms with Gasteiger partial charge in [0.25, 0.3) is 0 Å². The number of allylic oxidation sites excluding steroid dienone is 16. The number of ether oxygens (including phenoxy) is 2. The molecule has 298 valence electrons. The highest BCUT2D eigenvalue weighted by atomic mass is 31.2. The number of carbonyl (C=O) groups excluding carboxylic acids is 2. The van der Waals surface area contributed by atoms with Gasteiger partial charge in [0.1, 0.15) is 6.61 Å². The fourth-order valence-corrected chi connectivity index (χ4v) is 4.85. The maximum absolute atomic E-state index is 12.4. The molecule has 0 radical (unpaired) electrons. The molecule has 0 fully saturated rings. The Bertz CT molecular complexity index is 1230. The Hall–Kier alpha value is -3.33. The first-order valence-corrected chi connectivity index (χ1v) is 20.8. The van der Waals surface area contributed by atoms with Crippen molar-refractivity contribution in [1.29, 1.82) is 0 Å². The molecule has 0 bridgehead atoms. The monoisotopic (exact) mass is 758 g/mol. The van der Waals surface area contributed by atoms with Gasteiger partial charge in [-0.05, 0) is 83.5 Å². The van der Waals surface area contributed by atoms with Crippen LogP contribution in [0.4, 0.5) is 0 Å². The van der Waals surface area contributed by atoms with Gasteiger partial charge in [-0.1, -0.05) is 136 Å². The van der Waals surface area contributed by atoms with E-state index in [0.29, 0.717) is 19.3 Å². The van der Waals surface area contributed by atoms with E-state index in [0.717, 1.165) is 57.8 Å². The summed E-state index contributed by atoms with van der Waals surface area (Å²) in [4.78, 5) is 42.7. The summed E-state index contributed by atoms with van der Waals surface area (Å²) in [6, 6.07) is 0. The number of phosphoric ester groups is 1. The Morgan fingerprint density at radius 3 is 1.74 bits per heavy atom. The van der Waals surface area contributed by atoms with Gasteiger partial charge < -0.3 is 24.4 Å². The van der Waals surface area contributed by atoms with Crippen LogP contribution >= 0.6 is 7.82 Å². The number of hydrogen-bond acceptors (Lipinski definition) is 7. The second-order valence-corrected chi connectivity index (χ2v) is 13.6. The van der Waals surface area contributed by atoms with Crippen LogP contribution in [0.25, 0.3) is 0 Å². The van der Waals surface area contributed by atoms with Crippen molar-refractivity contribution in [2.24, 2.45) is 0 Å². The largest absolute Gasteiger partial charge is 0.469 e. The van der Waals surface area contributed by atoms with Crippen molar-refractivity contribution in [3.8, 4) is 0 Å². The van der Waals surface area contributed by atoms with E-state index in [1.165, 1.54) is 19.3 Å². The van der Waals surface area contributed by atoms with Gasteiger partial charge in [-0.15, -0.1) is 0 Å². The molecule has 3 N–H and O–H groups in total. The summed E-state index contributed by atoms with van der Waals surface area (Å²) in [5.41, 5.74) is 0. The molecule has 10 heteroatoms. The molecule has 0 saturated heterocycles. The van der Waals surface area contributed by atoms with E-state index < -0.39 is 38.6 Å². The van der Waals surface area contributed by atoms with Crippen molar-refractivity contribution in [2.75, 3.05) is 13.2 Å². The van der Waals surface area contributed by atoms with Gasteiger partial charge in [0, 0.05) is 12.8 Å². The van der Waals surface area contributed by atoms with Gasteiger partial charge >= 0.3 is 19.8 Å². The van der Waals surface area contributed by atoms with E-state index >= 15 is 0 Å². The summed E-state index contributed by atoms with van der Waals surface area (Å²) >= 11 is 0. The van der Waals surface area contributed by atoms with Gasteiger partial charge in [-0.3, -0.25) is 14.1 Å². The number of unbranched alkanes of at least 4 members (excludes halogenated alkanes) is 5. The third kappa shape index (κ3) is 39.7. The second-order valence-electron chi connectivity index (χ2n) is 12.4. The van der Waals surface area contributed by atoms with Crippen molar-refractivity contribution < 1.29 is 43.0 Å². The van der Waals surface area contributed by atoms with Crippen LogP contribution in [0.15, 0.2) is 109 Å². The molecule has 0 amide bonds. The third-order valence-corrected chi connectivity index (χ3v) is 7.85. The minimum absolute atomic E-state index is 0.0455. The summed E-state index contributed by atoms with van der Waals surface area (Å²) in [5, 5.41) is 10.1. The number of phosphoric acid groups is 1. The average molecular weight is 759 g/mol. The van der Waals surface area contributed by atoms with Crippen LogP contribution in [0.5, 0.6) is 0 Å². The summed E-state index contributed by atoms with van der Waals surface area (Å²) in [5.74, 6) is -1.13. The standard InChI is InChI=1S/C43H67O9P/c1-3-5-7-9-11-13-15-17-18-20-22-24-26-28-32-37-43(46)52-41(39-51-53(47,48)49)38-50-42(45)36-33-29-31-35-40(44)34-30-27-25-23-21-19-16-14-12-10-8-6-4-2/h6,8,11-14,17-19,21-22,24-25,27,29-31,34,40-41,44H,3-5,7,9-10,15-16,20,23,26,28,32-33,35-39H2,1-2H3,(H2,47,48,49)/b8-6-,13-11-,14-12-,18-17-,21-19-,24-22-,27-25-,31-29-,34-30-/t40?,41-/m1/s1. The van der Waals surface area contributed by atoms with Crippen LogP contribution < -0.4 is 0 Å². The number of rotatable bonds is 33. The topological polar surface area (TPSA) is 140 Å².